The summed E-state index contributed by atoms with van der Waals surface area (Å²) in [6.07, 6.45) is 4.39. The third kappa shape index (κ3) is 17.4. The maximum absolute atomic E-state index is 12.5. The molecule has 0 spiro atoms. The Hall–Kier alpha value is -5.34. The van der Waals surface area contributed by atoms with E-state index in [2.05, 4.69) is 10.2 Å². The maximum Gasteiger partial charge on any atom is 1.00 e. The van der Waals surface area contributed by atoms with E-state index in [0.717, 1.165) is 116 Å². The number of ether oxygens (including phenoxy) is 2. The van der Waals surface area contributed by atoms with Crippen LogP contribution in [0.2, 0.25) is 0 Å². The molecule has 2 saturated heterocycles. The molecule has 6 aromatic rings. The number of rotatable bonds is 17. The summed E-state index contributed by atoms with van der Waals surface area (Å²) in [5.41, 5.74) is 3.50. The van der Waals surface area contributed by atoms with Gasteiger partial charge in [0.2, 0.25) is 6.16 Å². The molecule has 0 aliphatic carbocycles. The summed E-state index contributed by atoms with van der Waals surface area (Å²) in [6, 6.07) is 54.7. The van der Waals surface area contributed by atoms with E-state index in [1.165, 1.54) is 0 Å². The quantitative estimate of drug-likeness (QED) is 0.0421. The second kappa shape index (κ2) is 31.3. The van der Waals surface area contributed by atoms with Crippen LogP contribution in [0, 0.1) is 11.8 Å². The normalized spacial score (nSPS) is 14.0. The molecule has 0 saturated carbocycles. The number of alkyl halides is 1. The van der Waals surface area contributed by atoms with Crippen LogP contribution in [-0.4, -0.2) is 90.8 Å². The van der Waals surface area contributed by atoms with Gasteiger partial charge in [0.1, 0.15) is 22.7 Å². The van der Waals surface area contributed by atoms with Crippen molar-refractivity contribution in [2.45, 2.75) is 62.6 Å². The average molecular weight is 1010 g/mol. The Morgan fingerprint density at radius 2 is 0.889 bits per heavy atom. The van der Waals surface area contributed by atoms with Gasteiger partial charge >= 0.3 is 29.6 Å². The minimum absolute atomic E-state index is 0. The number of nitrogens with one attached hydrogen (secondary N) is 1. The standard InChI is InChI=1S/C29H33NO3.C18H21NO.C11H13ClO2.CH2O3.Na/c1-33-27-16-14-23(15-17-27)28(31)13-8-20-30-21-18-26(19-22-30)29(32,24-9-4-2-5-10-24)25-11-6-3-7-12-25;20-18(15-7-3-1-4-8-15,16-9-5-2-6-10-16)17-11-13-19-14-12-17;1-14-10-6-4-9(5-7-10)11(13)3-2-8-12;2-1(3)4;/h2-7,9-12,14-17,26,32H,8,13,18-22H2,1H3;1-10,17,19-20H,11-14H2;4-7H,2-3,8H2,1H3;(H2,2,3,4);/q;;;;+1/p-1. The number of nitrogens with zero attached hydrogens (tertiary/aromatic N) is 1. The van der Waals surface area contributed by atoms with Crippen LogP contribution in [0.4, 0.5) is 4.79 Å². The van der Waals surface area contributed by atoms with Gasteiger partial charge in [0.25, 0.3) is 0 Å². The molecule has 6 aromatic carbocycles. The number of hydrogen-bond acceptors (Lipinski definition) is 10. The van der Waals surface area contributed by atoms with E-state index in [1.54, 1.807) is 38.5 Å². The molecule has 2 fully saturated rings. The Bertz CT molecular complexity index is 2370. The SMILES string of the molecule is COc1ccc(C(=O)CCCCl)cc1.COc1ccc(C(=O)CCCN2CCC(C(O)(c3ccccc3)c3ccccc3)CC2)cc1.O=C([O-])O.OC(c1ccccc1)(c1ccccc1)C1CCNCC1.[Na+]. The van der Waals surface area contributed by atoms with E-state index < -0.39 is 17.4 Å². The third-order valence-electron chi connectivity index (χ3n) is 13.2. The van der Waals surface area contributed by atoms with Crippen molar-refractivity contribution in [3.63, 3.8) is 0 Å². The number of halogens is 1. The number of Topliss-reactive ketones (excluding diaryl/α,β-unsaturated/α-hetero) is 2. The van der Waals surface area contributed by atoms with Crippen LogP contribution in [-0.2, 0) is 11.2 Å². The van der Waals surface area contributed by atoms with E-state index in [0.29, 0.717) is 18.7 Å². The van der Waals surface area contributed by atoms with Gasteiger partial charge in [-0.2, -0.15) is 0 Å². The fourth-order valence-corrected chi connectivity index (χ4v) is 9.53. The van der Waals surface area contributed by atoms with E-state index in [-0.39, 0.29) is 53.0 Å². The Kier molecular flexibility index (Phi) is 25.7. The Balaban J connectivity index is 0.000000245. The molecule has 2 aliphatic rings. The first kappa shape index (κ1) is 59.2. The van der Waals surface area contributed by atoms with Gasteiger partial charge in [0.05, 0.1) is 14.2 Å². The zero-order chi connectivity index (χ0) is 50.9. The molecule has 0 atom stereocenters. The van der Waals surface area contributed by atoms with Gasteiger partial charge < -0.3 is 44.9 Å². The van der Waals surface area contributed by atoms with Gasteiger partial charge in [-0.05, 0) is 154 Å². The largest absolute Gasteiger partial charge is 1.00 e. The monoisotopic (exact) mass is 1010 g/mol. The maximum atomic E-state index is 12.5. The number of aliphatic hydroxyl groups is 2. The zero-order valence-electron chi connectivity index (χ0n) is 41.8. The first-order valence-corrected chi connectivity index (χ1v) is 24.9. The van der Waals surface area contributed by atoms with Crippen molar-refractivity contribution in [2.75, 3.05) is 52.8 Å². The smallest absolute Gasteiger partial charge is 0.565 e. The number of likely N-dealkylation sites (tertiary alicyclic amines) is 1. The van der Waals surface area contributed by atoms with Crippen LogP contribution in [0.25, 0.3) is 0 Å². The number of piperidine rings is 2. The topological polar surface area (TPSA) is 169 Å². The van der Waals surface area contributed by atoms with Crippen LogP contribution in [0.3, 0.4) is 0 Å². The van der Waals surface area contributed by atoms with Crippen LogP contribution in [0.1, 0.15) is 94.3 Å². The van der Waals surface area contributed by atoms with Crippen molar-refractivity contribution in [3.05, 3.63) is 203 Å². The molecular weight excluding hydrogens is 939 g/mol. The molecule has 0 aromatic heterocycles. The fraction of sp³-hybridized carbons (Fsp3) is 0.339. The minimum atomic E-state index is -2.08. The molecule has 0 amide bonds. The van der Waals surface area contributed by atoms with Gasteiger partial charge in [-0.3, -0.25) is 9.59 Å². The summed E-state index contributed by atoms with van der Waals surface area (Å²) in [7, 11) is 3.23. The number of carbonyl (C=O) groups excluding carboxylic acids is 2. The first-order chi connectivity index (χ1) is 34.4. The van der Waals surface area contributed by atoms with Gasteiger partial charge in [0.15, 0.2) is 11.6 Å². The summed E-state index contributed by atoms with van der Waals surface area (Å²) in [5, 5.41) is 42.2. The van der Waals surface area contributed by atoms with Crippen molar-refractivity contribution in [1.82, 2.24) is 10.2 Å². The predicted molar refractivity (Wildman–Crippen MR) is 278 cm³/mol. The summed E-state index contributed by atoms with van der Waals surface area (Å²) < 4.78 is 10.2. The number of ketones is 2. The molecule has 11 nitrogen and oxygen atoms in total. The molecule has 0 radical (unpaired) electrons. The van der Waals surface area contributed by atoms with Gasteiger partial charge in [-0.15, -0.1) is 11.6 Å². The van der Waals surface area contributed by atoms with Gasteiger partial charge in [-0.25, -0.2) is 0 Å². The van der Waals surface area contributed by atoms with Crippen molar-refractivity contribution in [3.8, 4) is 11.5 Å². The van der Waals surface area contributed by atoms with Crippen LogP contribution >= 0.6 is 11.6 Å². The molecule has 0 bridgehead atoms. The van der Waals surface area contributed by atoms with E-state index in [1.807, 2.05) is 146 Å². The number of benzene rings is 6. The van der Waals surface area contributed by atoms with E-state index >= 15 is 0 Å². The molecule has 376 valence electrons. The van der Waals surface area contributed by atoms with Crippen molar-refractivity contribution in [2.24, 2.45) is 11.8 Å². The summed E-state index contributed by atoms with van der Waals surface area (Å²) >= 11 is 5.51. The van der Waals surface area contributed by atoms with Crippen molar-refractivity contribution < 1.29 is 73.8 Å². The molecule has 2 heterocycles. The molecular formula is C59H68ClN2NaO9. The third-order valence-corrected chi connectivity index (χ3v) is 13.5. The summed E-state index contributed by atoms with van der Waals surface area (Å²) in [4.78, 5) is 34.9. The van der Waals surface area contributed by atoms with Gasteiger partial charge in [-0.1, -0.05) is 121 Å². The molecule has 72 heavy (non-hydrogen) atoms. The molecule has 4 N–H and O–H groups in total. The number of carbonyl (C=O) groups is 3. The molecule has 13 heteroatoms. The predicted octanol–water partition coefficient (Wildman–Crippen LogP) is 7.02. The Labute approximate surface area is 452 Å². The van der Waals surface area contributed by atoms with Gasteiger partial charge in [0, 0.05) is 29.8 Å². The molecule has 0 unspecified atom stereocenters. The van der Waals surface area contributed by atoms with Crippen molar-refractivity contribution >= 4 is 29.3 Å². The fourth-order valence-electron chi connectivity index (χ4n) is 9.39. The second-order valence-corrected chi connectivity index (χ2v) is 18.0. The average Bonchev–Trinajstić information content (AvgIpc) is 3.43. The number of carboxylic acid groups (broad SMARTS) is 2. The zero-order valence-corrected chi connectivity index (χ0v) is 44.6. The van der Waals surface area contributed by atoms with Crippen LogP contribution in [0.5, 0.6) is 11.5 Å². The van der Waals surface area contributed by atoms with Crippen LogP contribution < -0.4 is 49.5 Å². The van der Waals surface area contributed by atoms with Crippen molar-refractivity contribution in [1.29, 1.82) is 0 Å². The number of hydrogen-bond donors (Lipinski definition) is 4. The number of methoxy groups -OCH3 is 2. The summed E-state index contributed by atoms with van der Waals surface area (Å²) in [5.74, 6) is 2.78. The summed E-state index contributed by atoms with van der Waals surface area (Å²) in [6.45, 7) is 4.73. The van der Waals surface area contributed by atoms with Crippen LogP contribution in [0.15, 0.2) is 170 Å². The minimum Gasteiger partial charge on any atom is -0.565 e. The van der Waals surface area contributed by atoms with E-state index in [4.69, 9.17) is 36.1 Å². The molecule has 8 rings (SSSR count). The Morgan fingerprint density at radius 1 is 0.569 bits per heavy atom. The first-order valence-electron chi connectivity index (χ1n) is 24.3. The molecule has 2 aliphatic heterocycles. The second-order valence-electron chi connectivity index (χ2n) is 17.6. The van der Waals surface area contributed by atoms with E-state index in [9.17, 15) is 19.8 Å². The Morgan fingerprint density at radius 3 is 1.21 bits per heavy atom.